The predicted octanol–water partition coefficient (Wildman–Crippen LogP) is 6.90. The molecule has 5 heteroatoms. The third kappa shape index (κ3) is 7.31. The Morgan fingerprint density at radius 2 is 1.19 bits per heavy atom. The van der Waals surface area contributed by atoms with Crippen LogP contribution in [0.4, 0.5) is 13.2 Å². The zero-order valence-electron chi connectivity index (χ0n) is 17.6. The molecule has 0 aromatic carbocycles. The number of alkyl halides is 3. The summed E-state index contributed by atoms with van der Waals surface area (Å²) in [7, 11) is 0. The lowest BCUT2D eigenvalue weighted by atomic mass is 9.86. The average Bonchev–Trinajstić information content (AvgIpc) is 2.53. The molecule has 0 atom stereocenters. The van der Waals surface area contributed by atoms with E-state index in [2.05, 4.69) is 56.7 Å². The molecule has 0 radical (unpaired) electrons. The van der Waals surface area contributed by atoms with Gasteiger partial charge in [0.15, 0.2) is 0 Å². The molecule has 2 rings (SSSR count). The summed E-state index contributed by atoms with van der Waals surface area (Å²) in [6.07, 6.45) is -1.25. The molecular weight excluding hydrogens is 349 g/mol. The fourth-order valence-corrected chi connectivity index (χ4v) is 2.28. The van der Waals surface area contributed by atoms with Crippen LogP contribution >= 0.6 is 0 Å². The van der Waals surface area contributed by atoms with E-state index in [-0.39, 0.29) is 10.8 Å². The first-order chi connectivity index (χ1) is 12.1. The lowest BCUT2D eigenvalue weighted by Gasteiger charge is -2.19. The van der Waals surface area contributed by atoms with Gasteiger partial charge in [-0.2, -0.15) is 13.2 Å². The summed E-state index contributed by atoms with van der Waals surface area (Å²) in [6, 6.07) is 7.02. The van der Waals surface area contributed by atoms with E-state index in [0.717, 1.165) is 6.07 Å². The highest BCUT2D eigenvalue weighted by Gasteiger charge is 2.33. The molecule has 0 N–H and O–H groups in total. The molecule has 0 aliphatic heterocycles. The van der Waals surface area contributed by atoms with E-state index in [4.69, 9.17) is 0 Å². The Hall–Kier alpha value is -1.91. The van der Waals surface area contributed by atoms with Gasteiger partial charge in [-0.1, -0.05) is 55.4 Å². The van der Waals surface area contributed by atoms with E-state index < -0.39 is 11.9 Å². The Morgan fingerprint density at radius 1 is 0.741 bits per heavy atom. The van der Waals surface area contributed by atoms with Gasteiger partial charge in [0.05, 0.1) is 0 Å². The van der Waals surface area contributed by atoms with Crippen LogP contribution in [0.1, 0.15) is 83.8 Å². The van der Waals surface area contributed by atoms with Crippen molar-refractivity contribution in [2.75, 3.05) is 0 Å². The zero-order chi connectivity index (χ0) is 21.0. The van der Waals surface area contributed by atoms with Crippen LogP contribution < -0.4 is 0 Å². The molecule has 0 amide bonds. The molecule has 0 spiro atoms. The maximum absolute atomic E-state index is 12.3. The van der Waals surface area contributed by atoms with Crippen LogP contribution in [-0.4, -0.2) is 9.97 Å². The molecule has 0 saturated carbocycles. The van der Waals surface area contributed by atoms with Crippen molar-refractivity contribution in [3.05, 3.63) is 59.2 Å². The Balaban J connectivity index is 0.000000271. The molecule has 0 aliphatic carbocycles. The molecule has 150 valence electrons. The lowest BCUT2D eigenvalue weighted by molar-refractivity contribution is -0.141. The predicted molar refractivity (Wildman–Crippen MR) is 105 cm³/mol. The molecular formula is C22H31F3N2. The summed E-state index contributed by atoms with van der Waals surface area (Å²) < 4.78 is 36.9. The monoisotopic (exact) mass is 380 g/mol. The van der Waals surface area contributed by atoms with Crippen molar-refractivity contribution in [2.45, 2.75) is 78.3 Å². The van der Waals surface area contributed by atoms with Crippen LogP contribution in [0, 0.1) is 0 Å². The first-order valence-electron chi connectivity index (χ1n) is 9.12. The summed E-state index contributed by atoms with van der Waals surface area (Å²) in [5.41, 5.74) is 2.30. The van der Waals surface area contributed by atoms with E-state index >= 15 is 0 Å². The second-order valence-corrected chi connectivity index (χ2v) is 9.05. The van der Waals surface area contributed by atoms with Gasteiger partial charge in [0.1, 0.15) is 5.69 Å². The highest BCUT2D eigenvalue weighted by Crippen LogP contribution is 2.30. The molecule has 2 aromatic rings. The van der Waals surface area contributed by atoms with Gasteiger partial charge in [0, 0.05) is 18.1 Å². The van der Waals surface area contributed by atoms with Crippen LogP contribution in [0.15, 0.2) is 36.7 Å². The Labute approximate surface area is 161 Å². The van der Waals surface area contributed by atoms with Crippen LogP contribution in [0.5, 0.6) is 0 Å². The fraction of sp³-hybridized carbons (Fsp3) is 0.545. The second kappa shape index (κ2) is 8.41. The third-order valence-electron chi connectivity index (χ3n) is 4.16. The summed E-state index contributed by atoms with van der Waals surface area (Å²) >= 11 is 0. The third-order valence-corrected chi connectivity index (χ3v) is 4.16. The van der Waals surface area contributed by atoms with E-state index in [9.17, 15) is 13.2 Å². The zero-order valence-corrected chi connectivity index (χ0v) is 17.6. The van der Waals surface area contributed by atoms with E-state index in [1.807, 2.05) is 27.0 Å². The lowest BCUT2D eigenvalue weighted by Crippen LogP contribution is -2.15. The number of halogens is 3. The molecule has 27 heavy (non-hydrogen) atoms. The maximum Gasteiger partial charge on any atom is 0.433 e. The topological polar surface area (TPSA) is 25.8 Å². The minimum Gasteiger partial charge on any atom is -0.261 e. The van der Waals surface area contributed by atoms with Gasteiger partial charge in [-0.3, -0.25) is 9.97 Å². The first kappa shape index (κ1) is 23.1. The van der Waals surface area contributed by atoms with Gasteiger partial charge >= 0.3 is 6.18 Å². The standard InChI is InChI=1S/C12H19N.C10H12F3N/c1-9(2)11-8-10(6-7-13-11)12(3,4)5;1-9(2,3)7-4-5-14-8(6-7)10(11,12)13/h6-9H,1-5H3;4-6H,1-3H3. The molecule has 0 bridgehead atoms. The maximum atomic E-state index is 12.3. The first-order valence-corrected chi connectivity index (χ1v) is 9.12. The van der Waals surface area contributed by atoms with Crippen molar-refractivity contribution in [3.63, 3.8) is 0 Å². The SMILES string of the molecule is CC(C)(C)c1ccnc(C(F)(F)F)c1.CC(C)c1cc(C(C)(C)C)ccn1. The molecule has 0 unspecified atom stereocenters. The quantitative estimate of drug-likeness (QED) is 0.538. The summed E-state index contributed by atoms with van der Waals surface area (Å²) in [5.74, 6) is 0.516. The Morgan fingerprint density at radius 3 is 1.59 bits per heavy atom. The summed E-state index contributed by atoms with van der Waals surface area (Å²) in [5, 5.41) is 0. The van der Waals surface area contributed by atoms with Gasteiger partial charge in [-0.05, 0) is 52.1 Å². The number of hydrogen-bond acceptors (Lipinski definition) is 2. The molecule has 2 nitrogen and oxygen atoms in total. The van der Waals surface area contributed by atoms with Gasteiger partial charge in [-0.25, -0.2) is 0 Å². The Kier molecular flexibility index (Phi) is 7.20. The van der Waals surface area contributed by atoms with E-state index in [1.54, 1.807) is 6.07 Å². The minimum absolute atomic E-state index is 0.229. The van der Waals surface area contributed by atoms with Crippen LogP contribution in [-0.2, 0) is 17.0 Å². The number of aromatic nitrogens is 2. The molecule has 0 aliphatic rings. The van der Waals surface area contributed by atoms with Crippen molar-refractivity contribution < 1.29 is 13.2 Å². The van der Waals surface area contributed by atoms with Crippen LogP contribution in [0.3, 0.4) is 0 Å². The molecule has 0 fully saturated rings. The van der Waals surface area contributed by atoms with Crippen molar-refractivity contribution >= 4 is 0 Å². The smallest absolute Gasteiger partial charge is 0.261 e. The molecule has 0 saturated heterocycles. The van der Waals surface area contributed by atoms with Crippen LogP contribution in [0.2, 0.25) is 0 Å². The van der Waals surface area contributed by atoms with Crippen molar-refractivity contribution in [1.82, 2.24) is 9.97 Å². The average molecular weight is 380 g/mol. The second-order valence-electron chi connectivity index (χ2n) is 9.05. The van der Waals surface area contributed by atoms with E-state index in [0.29, 0.717) is 11.5 Å². The van der Waals surface area contributed by atoms with Crippen LogP contribution in [0.25, 0.3) is 0 Å². The largest absolute Gasteiger partial charge is 0.433 e. The molecule has 2 heterocycles. The van der Waals surface area contributed by atoms with Gasteiger partial charge < -0.3 is 0 Å². The van der Waals surface area contributed by atoms with E-state index in [1.165, 1.54) is 17.5 Å². The van der Waals surface area contributed by atoms with Crippen molar-refractivity contribution in [2.24, 2.45) is 0 Å². The summed E-state index contributed by atoms with van der Waals surface area (Å²) in [4.78, 5) is 7.65. The number of hydrogen-bond donors (Lipinski definition) is 0. The summed E-state index contributed by atoms with van der Waals surface area (Å²) in [6.45, 7) is 16.6. The Bertz CT molecular complexity index is 707. The minimum atomic E-state index is -4.36. The number of rotatable bonds is 1. The number of pyridine rings is 2. The highest BCUT2D eigenvalue weighted by atomic mass is 19.4. The fourth-order valence-electron chi connectivity index (χ4n) is 2.28. The van der Waals surface area contributed by atoms with Gasteiger partial charge in [0.2, 0.25) is 0 Å². The highest BCUT2D eigenvalue weighted by molar-refractivity contribution is 5.25. The van der Waals surface area contributed by atoms with Gasteiger partial charge in [-0.15, -0.1) is 0 Å². The normalized spacial score (nSPS) is 12.6. The van der Waals surface area contributed by atoms with Crippen molar-refractivity contribution in [3.8, 4) is 0 Å². The van der Waals surface area contributed by atoms with Gasteiger partial charge in [0.25, 0.3) is 0 Å². The van der Waals surface area contributed by atoms with Crippen molar-refractivity contribution in [1.29, 1.82) is 0 Å². The molecule has 2 aromatic heterocycles. The number of nitrogens with zero attached hydrogens (tertiary/aromatic N) is 2.